The predicted molar refractivity (Wildman–Crippen MR) is 104 cm³/mol. The number of dihydropyridines is 1. The number of hydrogen-bond donors (Lipinski definition) is 1. The van der Waals surface area contributed by atoms with E-state index in [-0.39, 0.29) is 6.04 Å². The van der Waals surface area contributed by atoms with Gasteiger partial charge in [0.25, 0.3) is 0 Å². The smallest absolute Gasteiger partial charge is 0.141 e. The van der Waals surface area contributed by atoms with E-state index >= 15 is 0 Å². The Morgan fingerprint density at radius 2 is 2.15 bits per heavy atom. The van der Waals surface area contributed by atoms with Gasteiger partial charge in [0.05, 0.1) is 17.8 Å². The van der Waals surface area contributed by atoms with Gasteiger partial charge < -0.3 is 4.98 Å². The third-order valence-corrected chi connectivity index (χ3v) is 6.08. The van der Waals surface area contributed by atoms with Crippen molar-refractivity contribution in [3.8, 4) is 6.07 Å². The fraction of sp³-hybridized carbons (Fsp3) is 0.524. The zero-order chi connectivity index (χ0) is 17.9. The Balaban J connectivity index is 1.60. The van der Waals surface area contributed by atoms with Crippen molar-refractivity contribution in [3.63, 3.8) is 0 Å². The minimum atomic E-state index is 0.255. The van der Waals surface area contributed by atoms with Crippen molar-refractivity contribution in [1.29, 1.82) is 5.26 Å². The van der Waals surface area contributed by atoms with E-state index in [9.17, 15) is 5.26 Å². The van der Waals surface area contributed by atoms with Gasteiger partial charge in [-0.15, -0.1) is 0 Å². The fourth-order valence-electron chi connectivity index (χ4n) is 4.57. The van der Waals surface area contributed by atoms with Crippen LogP contribution in [-0.4, -0.2) is 27.2 Å². The van der Waals surface area contributed by atoms with E-state index in [0.29, 0.717) is 24.2 Å². The van der Waals surface area contributed by atoms with Crippen molar-refractivity contribution in [2.45, 2.75) is 51.5 Å². The molecule has 2 aromatic heterocycles. The molecule has 0 spiro atoms. The number of nitriles is 1. The molecule has 2 aliphatic rings. The molecule has 0 radical (unpaired) electrons. The van der Waals surface area contributed by atoms with E-state index in [4.69, 9.17) is 4.99 Å². The Morgan fingerprint density at radius 3 is 2.96 bits per heavy atom. The molecule has 1 aliphatic heterocycles. The highest BCUT2D eigenvalue weighted by molar-refractivity contribution is 6.13. The standard InChI is InChI=1S/C21H25N5/c1-14-17(10-16(6-8-22)15-4-2-3-5-15)11-18(12-24-14)20-19-7-9-23-21(19)26-13-25-20/h7,9,11-17H,2-6,10H2,1H3,(H,23,25,26). The Hall–Kier alpha value is -2.48. The first-order valence-corrected chi connectivity index (χ1v) is 9.66. The molecule has 5 nitrogen and oxygen atoms in total. The first kappa shape index (κ1) is 17.0. The second-order valence-electron chi connectivity index (χ2n) is 7.67. The summed E-state index contributed by atoms with van der Waals surface area (Å²) in [5.41, 5.74) is 2.87. The van der Waals surface area contributed by atoms with E-state index < -0.39 is 0 Å². The molecule has 0 bridgehead atoms. The molecule has 134 valence electrons. The number of fused-ring (bicyclic) bond motifs is 1. The number of nitrogens with zero attached hydrogens (tertiary/aromatic N) is 4. The van der Waals surface area contributed by atoms with Gasteiger partial charge in [-0.1, -0.05) is 31.8 Å². The molecule has 1 N–H and O–H groups in total. The summed E-state index contributed by atoms with van der Waals surface area (Å²) in [5.74, 6) is 1.55. The number of aliphatic imine (C=N–C) groups is 1. The fourth-order valence-corrected chi connectivity index (χ4v) is 4.57. The van der Waals surface area contributed by atoms with Gasteiger partial charge in [-0.3, -0.25) is 4.99 Å². The van der Waals surface area contributed by atoms with Crippen LogP contribution in [0.25, 0.3) is 16.6 Å². The van der Waals surface area contributed by atoms with Crippen LogP contribution in [0.4, 0.5) is 0 Å². The summed E-state index contributed by atoms with van der Waals surface area (Å²) >= 11 is 0. The summed E-state index contributed by atoms with van der Waals surface area (Å²) < 4.78 is 0. The molecule has 3 atom stereocenters. The van der Waals surface area contributed by atoms with E-state index in [2.05, 4.69) is 34.0 Å². The van der Waals surface area contributed by atoms with Crippen molar-refractivity contribution in [2.75, 3.05) is 0 Å². The molecule has 2 aromatic rings. The van der Waals surface area contributed by atoms with E-state index in [0.717, 1.165) is 28.7 Å². The molecule has 3 heterocycles. The maximum atomic E-state index is 9.30. The lowest BCUT2D eigenvalue weighted by molar-refractivity contribution is 0.280. The van der Waals surface area contributed by atoms with Gasteiger partial charge in [-0.2, -0.15) is 5.26 Å². The molecule has 1 fully saturated rings. The number of nitrogens with one attached hydrogen (secondary N) is 1. The van der Waals surface area contributed by atoms with E-state index in [1.807, 2.05) is 18.5 Å². The van der Waals surface area contributed by atoms with Gasteiger partial charge in [0, 0.05) is 35.7 Å². The minimum absolute atomic E-state index is 0.255. The first-order chi connectivity index (χ1) is 12.8. The third-order valence-electron chi connectivity index (χ3n) is 6.08. The average Bonchev–Trinajstić information content (AvgIpc) is 3.34. The third kappa shape index (κ3) is 3.29. The zero-order valence-electron chi connectivity index (χ0n) is 15.2. The molecule has 3 unspecified atom stereocenters. The predicted octanol–water partition coefficient (Wildman–Crippen LogP) is 4.54. The van der Waals surface area contributed by atoms with Gasteiger partial charge >= 0.3 is 0 Å². The number of allylic oxidation sites excluding steroid dienone is 1. The monoisotopic (exact) mass is 347 g/mol. The second-order valence-corrected chi connectivity index (χ2v) is 7.67. The molecule has 0 amide bonds. The van der Waals surface area contributed by atoms with E-state index in [1.54, 1.807) is 6.33 Å². The molecular formula is C21H25N5. The van der Waals surface area contributed by atoms with Crippen LogP contribution in [0, 0.1) is 29.1 Å². The van der Waals surface area contributed by atoms with Gasteiger partial charge in [-0.25, -0.2) is 9.97 Å². The van der Waals surface area contributed by atoms with Crippen molar-refractivity contribution in [2.24, 2.45) is 22.7 Å². The summed E-state index contributed by atoms with van der Waals surface area (Å²) in [4.78, 5) is 16.7. The van der Waals surface area contributed by atoms with Crippen LogP contribution >= 0.6 is 0 Å². The Labute approximate surface area is 154 Å². The highest BCUT2D eigenvalue weighted by Gasteiger charge is 2.30. The lowest BCUT2D eigenvalue weighted by Gasteiger charge is -2.29. The SMILES string of the molecule is CC1N=CC(c2ncnc3[nH]ccc23)=CC1CC(CC#N)C1CCCC1. The van der Waals surface area contributed by atoms with Crippen molar-refractivity contribution in [1.82, 2.24) is 15.0 Å². The van der Waals surface area contributed by atoms with Crippen LogP contribution in [0.2, 0.25) is 0 Å². The molecule has 26 heavy (non-hydrogen) atoms. The summed E-state index contributed by atoms with van der Waals surface area (Å²) in [6.07, 6.45) is 14.7. The Bertz CT molecular complexity index is 866. The van der Waals surface area contributed by atoms with Crippen molar-refractivity contribution >= 4 is 22.8 Å². The van der Waals surface area contributed by atoms with Crippen LogP contribution in [0.3, 0.4) is 0 Å². The molecule has 5 heteroatoms. The van der Waals surface area contributed by atoms with E-state index in [1.165, 1.54) is 25.7 Å². The van der Waals surface area contributed by atoms with Crippen LogP contribution < -0.4 is 0 Å². The van der Waals surface area contributed by atoms with Gasteiger partial charge in [0.15, 0.2) is 0 Å². The number of hydrogen-bond acceptors (Lipinski definition) is 4. The number of H-pyrrole nitrogens is 1. The van der Waals surface area contributed by atoms with Crippen LogP contribution in [0.1, 0.15) is 51.1 Å². The summed E-state index contributed by atoms with van der Waals surface area (Å²) in [7, 11) is 0. The summed E-state index contributed by atoms with van der Waals surface area (Å²) in [6, 6.07) is 4.70. The van der Waals surface area contributed by atoms with Gasteiger partial charge in [0.1, 0.15) is 12.0 Å². The molecule has 1 aliphatic carbocycles. The number of aromatic amines is 1. The number of aromatic nitrogens is 3. The maximum Gasteiger partial charge on any atom is 0.141 e. The minimum Gasteiger partial charge on any atom is -0.346 e. The van der Waals surface area contributed by atoms with Crippen LogP contribution in [0.5, 0.6) is 0 Å². The normalized spacial score (nSPS) is 24.5. The second kappa shape index (κ2) is 7.41. The number of rotatable bonds is 5. The Kier molecular flexibility index (Phi) is 4.83. The van der Waals surface area contributed by atoms with Crippen molar-refractivity contribution in [3.05, 3.63) is 30.4 Å². The van der Waals surface area contributed by atoms with Gasteiger partial charge in [-0.05, 0) is 31.2 Å². The summed E-state index contributed by atoms with van der Waals surface area (Å²) in [5, 5.41) is 10.3. The Morgan fingerprint density at radius 1 is 1.31 bits per heavy atom. The highest BCUT2D eigenvalue weighted by Crippen LogP contribution is 2.39. The molecule has 0 aromatic carbocycles. The van der Waals surface area contributed by atoms with Crippen LogP contribution in [-0.2, 0) is 0 Å². The largest absolute Gasteiger partial charge is 0.346 e. The molecule has 1 saturated carbocycles. The topological polar surface area (TPSA) is 77.7 Å². The van der Waals surface area contributed by atoms with Gasteiger partial charge in [0.2, 0.25) is 0 Å². The lowest BCUT2D eigenvalue weighted by atomic mass is 9.78. The quantitative estimate of drug-likeness (QED) is 0.862. The molecule has 0 saturated heterocycles. The van der Waals surface area contributed by atoms with Crippen LogP contribution in [0.15, 0.2) is 29.7 Å². The summed E-state index contributed by atoms with van der Waals surface area (Å²) in [6.45, 7) is 2.18. The molecular weight excluding hydrogens is 322 g/mol. The lowest BCUT2D eigenvalue weighted by Crippen LogP contribution is -2.24. The maximum absolute atomic E-state index is 9.30. The highest BCUT2D eigenvalue weighted by atomic mass is 14.9. The average molecular weight is 347 g/mol. The first-order valence-electron chi connectivity index (χ1n) is 9.66. The zero-order valence-corrected chi connectivity index (χ0v) is 15.2. The molecule has 4 rings (SSSR count). The van der Waals surface area contributed by atoms with Crippen molar-refractivity contribution < 1.29 is 0 Å².